The molecule has 0 fully saturated rings. The predicted octanol–water partition coefficient (Wildman–Crippen LogP) is 2.95. The highest BCUT2D eigenvalue weighted by molar-refractivity contribution is 5.92. The quantitative estimate of drug-likeness (QED) is 0.810. The summed E-state index contributed by atoms with van der Waals surface area (Å²) < 4.78 is 7.47. The van der Waals surface area contributed by atoms with Gasteiger partial charge in [0.15, 0.2) is 0 Å². The lowest BCUT2D eigenvalue weighted by molar-refractivity contribution is 0.418. The van der Waals surface area contributed by atoms with Gasteiger partial charge in [-0.1, -0.05) is 6.07 Å². The van der Waals surface area contributed by atoms with Crippen molar-refractivity contribution in [1.82, 2.24) is 4.57 Å². The summed E-state index contributed by atoms with van der Waals surface area (Å²) in [4.78, 5) is 0. The van der Waals surface area contributed by atoms with E-state index >= 15 is 0 Å². The summed E-state index contributed by atoms with van der Waals surface area (Å²) in [7, 11) is 3.70. The van der Waals surface area contributed by atoms with Crippen molar-refractivity contribution in [3.63, 3.8) is 0 Å². The van der Waals surface area contributed by atoms with Crippen molar-refractivity contribution in [2.75, 3.05) is 7.11 Å². The van der Waals surface area contributed by atoms with Crippen LogP contribution in [0.25, 0.3) is 10.9 Å². The third-order valence-electron chi connectivity index (χ3n) is 3.10. The van der Waals surface area contributed by atoms with Crippen LogP contribution in [-0.4, -0.2) is 11.7 Å². The monoisotopic (exact) mass is 228 g/mol. The van der Waals surface area contributed by atoms with E-state index in [-0.39, 0.29) is 0 Å². The summed E-state index contributed by atoms with van der Waals surface area (Å²) in [5.41, 5.74) is 3.57. The van der Waals surface area contributed by atoms with E-state index in [9.17, 15) is 0 Å². The van der Waals surface area contributed by atoms with Gasteiger partial charge in [0, 0.05) is 25.1 Å². The number of methoxy groups -OCH3 is 1. The predicted molar refractivity (Wildman–Crippen MR) is 68.1 cm³/mol. The number of nitrogens with zero attached hydrogens (tertiary/aromatic N) is 2. The second-order valence-corrected chi connectivity index (χ2v) is 4.23. The smallest absolute Gasteiger partial charge is 0.143 e. The molecule has 0 atom stereocenters. The molecule has 0 aliphatic rings. The Morgan fingerprint density at radius 2 is 2.18 bits per heavy atom. The van der Waals surface area contributed by atoms with E-state index in [0.29, 0.717) is 6.42 Å². The summed E-state index contributed by atoms with van der Waals surface area (Å²) in [5, 5.41) is 9.92. The van der Waals surface area contributed by atoms with E-state index in [1.165, 1.54) is 16.5 Å². The molecule has 1 aromatic heterocycles. The first-order chi connectivity index (χ1) is 8.19. The van der Waals surface area contributed by atoms with Gasteiger partial charge in [-0.15, -0.1) is 0 Å². The van der Waals surface area contributed by atoms with E-state index in [0.717, 1.165) is 17.7 Å². The average Bonchev–Trinajstić information content (AvgIpc) is 2.66. The number of rotatable bonds is 3. The van der Waals surface area contributed by atoms with E-state index in [1.54, 1.807) is 7.11 Å². The fourth-order valence-electron chi connectivity index (χ4n) is 2.34. The van der Waals surface area contributed by atoms with Crippen LogP contribution in [-0.2, 0) is 13.5 Å². The molecule has 17 heavy (non-hydrogen) atoms. The Bertz CT molecular complexity index is 590. The third kappa shape index (κ3) is 1.87. The number of benzene rings is 1. The van der Waals surface area contributed by atoms with Gasteiger partial charge in [0.25, 0.3) is 0 Å². The Morgan fingerprint density at radius 1 is 1.41 bits per heavy atom. The number of ether oxygens (including phenoxy) is 1. The first-order valence-corrected chi connectivity index (χ1v) is 5.67. The Kier molecular flexibility index (Phi) is 3.06. The molecule has 0 unspecified atom stereocenters. The van der Waals surface area contributed by atoms with Crippen LogP contribution in [0, 0.1) is 18.3 Å². The normalized spacial score (nSPS) is 10.5. The van der Waals surface area contributed by atoms with Crippen LogP contribution in [0.15, 0.2) is 18.3 Å². The number of aryl methyl sites for hydroxylation is 3. The molecule has 0 amide bonds. The minimum atomic E-state index is 0.551. The van der Waals surface area contributed by atoms with Crippen LogP contribution in [0.3, 0.4) is 0 Å². The average molecular weight is 228 g/mol. The van der Waals surface area contributed by atoms with Crippen molar-refractivity contribution in [2.45, 2.75) is 19.8 Å². The molecular formula is C14H16N2O. The van der Waals surface area contributed by atoms with Crippen molar-refractivity contribution in [3.8, 4) is 11.8 Å². The van der Waals surface area contributed by atoms with Gasteiger partial charge < -0.3 is 9.30 Å². The number of fused-ring (bicyclic) bond motifs is 1. The molecule has 0 aliphatic carbocycles. The Morgan fingerprint density at radius 3 is 2.82 bits per heavy atom. The SMILES string of the molecule is COc1ccc(C)c2c(CCC#N)cn(C)c12. The zero-order valence-corrected chi connectivity index (χ0v) is 10.4. The minimum Gasteiger partial charge on any atom is -0.495 e. The van der Waals surface area contributed by atoms with Gasteiger partial charge in [0.05, 0.1) is 18.7 Å². The van der Waals surface area contributed by atoms with Crippen molar-refractivity contribution in [2.24, 2.45) is 7.05 Å². The number of nitriles is 1. The molecule has 1 heterocycles. The number of hydrogen-bond acceptors (Lipinski definition) is 2. The summed E-state index contributed by atoms with van der Waals surface area (Å²) in [6.45, 7) is 2.09. The summed E-state index contributed by atoms with van der Waals surface area (Å²) >= 11 is 0. The van der Waals surface area contributed by atoms with Crippen molar-refractivity contribution < 1.29 is 4.74 Å². The third-order valence-corrected chi connectivity index (χ3v) is 3.10. The van der Waals surface area contributed by atoms with Gasteiger partial charge >= 0.3 is 0 Å². The largest absolute Gasteiger partial charge is 0.495 e. The first-order valence-electron chi connectivity index (χ1n) is 5.67. The molecule has 0 bridgehead atoms. The highest BCUT2D eigenvalue weighted by atomic mass is 16.5. The zero-order valence-electron chi connectivity index (χ0n) is 10.4. The second-order valence-electron chi connectivity index (χ2n) is 4.23. The van der Waals surface area contributed by atoms with E-state index in [4.69, 9.17) is 10.00 Å². The van der Waals surface area contributed by atoms with Gasteiger partial charge in [-0.3, -0.25) is 0 Å². The lowest BCUT2D eigenvalue weighted by Gasteiger charge is -2.06. The van der Waals surface area contributed by atoms with E-state index < -0.39 is 0 Å². The summed E-state index contributed by atoms with van der Waals surface area (Å²) in [6.07, 6.45) is 3.44. The maximum absolute atomic E-state index is 8.70. The molecule has 0 radical (unpaired) electrons. The summed E-state index contributed by atoms with van der Waals surface area (Å²) in [6, 6.07) is 6.26. The number of aromatic nitrogens is 1. The molecule has 0 saturated carbocycles. The molecule has 2 aromatic rings. The molecule has 1 aromatic carbocycles. The van der Waals surface area contributed by atoms with Crippen molar-refractivity contribution >= 4 is 10.9 Å². The fourth-order valence-corrected chi connectivity index (χ4v) is 2.34. The molecule has 3 nitrogen and oxygen atoms in total. The van der Waals surface area contributed by atoms with Gasteiger partial charge in [0.1, 0.15) is 5.75 Å². The first kappa shape index (κ1) is 11.5. The van der Waals surface area contributed by atoms with Crippen molar-refractivity contribution in [1.29, 1.82) is 5.26 Å². The molecule has 0 aliphatic heterocycles. The van der Waals surface area contributed by atoms with E-state index in [2.05, 4.69) is 29.8 Å². The molecule has 88 valence electrons. The fraction of sp³-hybridized carbons (Fsp3) is 0.357. The minimum absolute atomic E-state index is 0.551. The molecular weight excluding hydrogens is 212 g/mol. The Labute approximate surface area is 101 Å². The molecule has 3 heteroatoms. The van der Waals surface area contributed by atoms with Crippen LogP contribution in [0.2, 0.25) is 0 Å². The van der Waals surface area contributed by atoms with Crippen LogP contribution in [0.1, 0.15) is 17.5 Å². The highest BCUT2D eigenvalue weighted by Crippen LogP contribution is 2.32. The lowest BCUT2D eigenvalue weighted by Crippen LogP contribution is -1.91. The Hall–Kier alpha value is -1.95. The number of hydrogen-bond donors (Lipinski definition) is 0. The van der Waals surface area contributed by atoms with Crippen molar-refractivity contribution in [3.05, 3.63) is 29.5 Å². The molecule has 0 N–H and O–H groups in total. The summed E-state index contributed by atoms with van der Waals surface area (Å²) in [5.74, 6) is 0.885. The van der Waals surface area contributed by atoms with Gasteiger partial charge in [-0.05, 0) is 30.5 Å². The standard InChI is InChI=1S/C14H16N2O/c1-10-6-7-12(17-3)14-13(10)11(5-4-8-15)9-16(14)2/h6-7,9H,4-5H2,1-3H3. The molecule has 2 rings (SSSR count). The van der Waals surface area contributed by atoms with Crippen LogP contribution in [0.5, 0.6) is 5.75 Å². The maximum atomic E-state index is 8.70. The van der Waals surface area contributed by atoms with Gasteiger partial charge in [-0.25, -0.2) is 0 Å². The van der Waals surface area contributed by atoms with Gasteiger partial charge in [-0.2, -0.15) is 5.26 Å². The molecule has 0 saturated heterocycles. The zero-order chi connectivity index (χ0) is 12.4. The van der Waals surface area contributed by atoms with Gasteiger partial charge in [0.2, 0.25) is 0 Å². The van der Waals surface area contributed by atoms with Crippen LogP contribution >= 0.6 is 0 Å². The van der Waals surface area contributed by atoms with E-state index in [1.807, 2.05) is 13.1 Å². The maximum Gasteiger partial charge on any atom is 0.143 e. The second kappa shape index (κ2) is 4.50. The Balaban J connectivity index is 2.68. The topological polar surface area (TPSA) is 37.9 Å². The molecule has 0 spiro atoms. The lowest BCUT2D eigenvalue weighted by atomic mass is 10.0. The van der Waals surface area contributed by atoms with Crippen LogP contribution in [0.4, 0.5) is 0 Å². The highest BCUT2D eigenvalue weighted by Gasteiger charge is 2.12. The van der Waals surface area contributed by atoms with Crippen LogP contribution < -0.4 is 4.74 Å².